The van der Waals surface area contributed by atoms with E-state index in [9.17, 15) is 14.4 Å². The van der Waals surface area contributed by atoms with Crippen molar-refractivity contribution in [1.82, 2.24) is 4.98 Å². The van der Waals surface area contributed by atoms with Crippen molar-refractivity contribution >= 4 is 63.0 Å². The van der Waals surface area contributed by atoms with Gasteiger partial charge in [-0.3, -0.25) is 14.4 Å². The number of nitrogens with one attached hydrogen (secondary N) is 2. The normalized spacial score (nSPS) is 10.7. The summed E-state index contributed by atoms with van der Waals surface area (Å²) in [6.07, 6.45) is 0.0480. The van der Waals surface area contributed by atoms with Crippen LogP contribution in [0.1, 0.15) is 16.1 Å². The number of hydrogen-bond donors (Lipinski definition) is 3. The lowest BCUT2D eigenvalue weighted by Crippen LogP contribution is -2.19. The number of fused-ring (bicyclic) bond motifs is 1. The van der Waals surface area contributed by atoms with E-state index in [0.29, 0.717) is 15.7 Å². The summed E-state index contributed by atoms with van der Waals surface area (Å²) in [5.74, 6) is -0.845. The third-order valence-electron chi connectivity index (χ3n) is 4.73. The maximum atomic E-state index is 12.4. The van der Waals surface area contributed by atoms with Crippen LogP contribution in [0.15, 0.2) is 76.4 Å². The largest absolute Gasteiger partial charge is 0.366 e. The van der Waals surface area contributed by atoms with Gasteiger partial charge in [-0.1, -0.05) is 60.3 Å². The van der Waals surface area contributed by atoms with Gasteiger partial charge < -0.3 is 16.4 Å². The number of thiazole rings is 1. The topological polar surface area (TPSA) is 114 Å². The Morgan fingerprint density at radius 1 is 0.879 bits per heavy atom. The van der Waals surface area contributed by atoms with Crippen molar-refractivity contribution in [2.45, 2.75) is 10.8 Å². The van der Waals surface area contributed by atoms with Crippen molar-refractivity contribution in [3.8, 4) is 0 Å². The summed E-state index contributed by atoms with van der Waals surface area (Å²) in [5.41, 5.74) is 7.32. The maximum Gasteiger partial charge on any atom is 0.250 e. The highest BCUT2D eigenvalue weighted by atomic mass is 32.2. The Hall–Kier alpha value is -3.69. The Morgan fingerprint density at radius 2 is 1.58 bits per heavy atom. The molecular formula is C24H20N4O3S2. The summed E-state index contributed by atoms with van der Waals surface area (Å²) in [5, 5.41) is 9.47. The third kappa shape index (κ3) is 5.76. The number of anilines is 2. The van der Waals surface area contributed by atoms with Gasteiger partial charge in [0.2, 0.25) is 11.8 Å². The molecule has 4 N–H and O–H groups in total. The Labute approximate surface area is 198 Å². The Balaban J connectivity index is 1.31. The highest BCUT2D eigenvalue weighted by molar-refractivity contribution is 8.01. The summed E-state index contributed by atoms with van der Waals surface area (Å²) in [4.78, 5) is 40.7. The van der Waals surface area contributed by atoms with E-state index in [1.165, 1.54) is 23.1 Å². The van der Waals surface area contributed by atoms with Gasteiger partial charge in [-0.25, -0.2) is 4.98 Å². The van der Waals surface area contributed by atoms with Crippen LogP contribution in [0.25, 0.3) is 10.8 Å². The SMILES string of the molecule is NC(=O)c1ccccc1NC(=O)Cc1csc(SCC(=O)Nc2cccc3ccccc23)n1. The molecule has 9 heteroatoms. The van der Waals surface area contributed by atoms with Crippen LogP contribution in [-0.2, 0) is 16.0 Å². The Kier molecular flexibility index (Phi) is 7.01. The van der Waals surface area contributed by atoms with E-state index in [1.807, 2.05) is 42.5 Å². The number of aromatic nitrogens is 1. The van der Waals surface area contributed by atoms with Gasteiger partial charge in [0.05, 0.1) is 29.1 Å². The summed E-state index contributed by atoms with van der Waals surface area (Å²) in [6, 6.07) is 20.2. The number of hydrogen-bond acceptors (Lipinski definition) is 6. The van der Waals surface area contributed by atoms with Gasteiger partial charge in [0.1, 0.15) is 0 Å². The predicted octanol–water partition coefficient (Wildman–Crippen LogP) is 4.31. The second-order valence-corrected chi connectivity index (χ2v) is 9.18. The van der Waals surface area contributed by atoms with Gasteiger partial charge in [-0.15, -0.1) is 11.3 Å². The van der Waals surface area contributed by atoms with Crippen molar-refractivity contribution in [2.24, 2.45) is 5.73 Å². The molecule has 0 radical (unpaired) electrons. The fourth-order valence-electron chi connectivity index (χ4n) is 3.25. The molecule has 166 valence electrons. The quantitative estimate of drug-likeness (QED) is 0.328. The standard InChI is InChI=1S/C24H20N4O3S2/c25-23(31)18-9-3-4-10-20(18)27-21(29)12-16-13-32-24(26-16)33-14-22(30)28-19-11-5-7-15-6-1-2-8-17(15)19/h1-11,13H,12,14H2,(H2,25,31)(H,27,29)(H,28,30). The zero-order chi connectivity index (χ0) is 23.2. The fraction of sp³-hybridized carbons (Fsp3) is 0.0833. The first-order valence-electron chi connectivity index (χ1n) is 10.0. The van der Waals surface area contributed by atoms with Gasteiger partial charge in [-0.05, 0) is 23.6 Å². The number of benzene rings is 3. The van der Waals surface area contributed by atoms with Crippen molar-refractivity contribution in [2.75, 3.05) is 16.4 Å². The first-order valence-corrected chi connectivity index (χ1v) is 11.9. The van der Waals surface area contributed by atoms with Crippen LogP contribution >= 0.6 is 23.1 Å². The predicted molar refractivity (Wildman–Crippen MR) is 133 cm³/mol. The molecule has 0 spiro atoms. The zero-order valence-electron chi connectivity index (χ0n) is 17.4. The van der Waals surface area contributed by atoms with E-state index in [1.54, 1.807) is 29.6 Å². The first-order chi connectivity index (χ1) is 16.0. The van der Waals surface area contributed by atoms with Crippen molar-refractivity contribution in [3.63, 3.8) is 0 Å². The molecule has 0 saturated heterocycles. The van der Waals surface area contributed by atoms with E-state index in [-0.39, 0.29) is 29.6 Å². The number of carbonyl (C=O) groups is 3. The molecule has 0 atom stereocenters. The average molecular weight is 477 g/mol. The smallest absolute Gasteiger partial charge is 0.250 e. The number of thioether (sulfide) groups is 1. The lowest BCUT2D eigenvalue weighted by atomic mass is 10.1. The van der Waals surface area contributed by atoms with E-state index < -0.39 is 5.91 Å². The number of nitrogens with two attached hydrogens (primary N) is 1. The van der Waals surface area contributed by atoms with Crippen LogP contribution in [0, 0.1) is 0 Å². The molecule has 0 aliphatic heterocycles. The number of nitrogens with zero attached hydrogens (tertiary/aromatic N) is 1. The maximum absolute atomic E-state index is 12.4. The lowest BCUT2D eigenvalue weighted by molar-refractivity contribution is -0.116. The highest BCUT2D eigenvalue weighted by Gasteiger charge is 2.13. The lowest BCUT2D eigenvalue weighted by Gasteiger charge is -2.08. The zero-order valence-corrected chi connectivity index (χ0v) is 19.0. The molecule has 7 nitrogen and oxygen atoms in total. The molecule has 33 heavy (non-hydrogen) atoms. The molecule has 0 aliphatic carbocycles. The van der Waals surface area contributed by atoms with Gasteiger partial charge in [0.25, 0.3) is 5.91 Å². The monoisotopic (exact) mass is 476 g/mol. The molecule has 1 heterocycles. The first kappa shape index (κ1) is 22.5. The molecule has 0 bridgehead atoms. The van der Waals surface area contributed by atoms with E-state index in [2.05, 4.69) is 15.6 Å². The minimum Gasteiger partial charge on any atom is -0.366 e. The number of para-hydroxylation sites is 1. The van der Waals surface area contributed by atoms with Gasteiger partial charge in [0, 0.05) is 16.5 Å². The summed E-state index contributed by atoms with van der Waals surface area (Å²) >= 11 is 2.69. The minimum atomic E-state index is -0.611. The molecule has 4 aromatic rings. The summed E-state index contributed by atoms with van der Waals surface area (Å²) in [7, 11) is 0. The Morgan fingerprint density at radius 3 is 2.42 bits per heavy atom. The van der Waals surface area contributed by atoms with E-state index in [0.717, 1.165) is 16.5 Å². The van der Waals surface area contributed by atoms with Crippen LogP contribution in [-0.4, -0.2) is 28.5 Å². The number of rotatable bonds is 8. The second kappa shape index (κ2) is 10.3. The fourth-order valence-corrected chi connectivity index (χ4v) is 4.89. The van der Waals surface area contributed by atoms with Crippen molar-refractivity contribution in [3.05, 3.63) is 83.4 Å². The van der Waals surface area contributed by atoms with Crippen LogP contribution < -0.4 is 16.4 Å². The van der Waals surface area contributed by atoms with E-state index in [4.69, 9.17) is 5.73 Å². The molecule has 0 aliphatic rings. The molecule has 4 rings (SSSR count). The van der Waals surface area contributed by atoms with Crippen LogP contribution in [0.2, 0.25) is 0 Å². The summed E-state index contributed by atoms with van der Waals surface area (Å²) in [6.45, 7) is 0. The third-order valence-corrected chi connectivity index (χ3v) is 6.80. The van der Waals surface area contributed by atoms with Crippen LogP contribution in [0.3, 0.4) is 0 Å². The van der Waals surface area contributed by atoms with Gasteiger partial charge in [-0.2, -0.15) is 0 Å². The van der Waals surface area contributed by atoms with Gasteiger partial charge in [0.15, 0.2) is 4.34 Å². The van der Waals surface area contributed by atoms with Crippen LogP contribution in [0.4, 0.5) is 11.4 Å². The van der Waals surface area contributed by atoms with Crippen molar-refractivity contribution in [1.29, 1.82) is 0 Å². The van der Waals surface area contributed by atoms with Gasteiger partial charge >= 0.3 is 0 Å². The molecule has 0 fully saturated rings. The molecule has 0 saturated carbocycles. The second-order valence-electron chi connectivity index (χ2n) is 7.10. The highest BCUT2D eigenvalue weighted by Crippen LogP contribution is 2.26. The number of amides is 3. The molecular weight excluding hydrogens is 456 g/mol. The Bertz CT molecular complexity index is 1330. The molecule has 0 unspecified atom stereocenters. The van der Waals surface area contributed by atoms with Crippen molar-refractivity contribution < 1.29 is 14.4 Å². The number of carbonyl (C=O) groups excluding carboxylic acids is 3. The number of primary amides is 1. The van der Waals surface area contributed by atoms with E-state index >= 15 is 0 Å². The molecule has 1 aromatic heterocycles. The summed E-state index contributed by atoms with van der Waals surface area (Å²) < 4.78 is 0.698. The minimum absolute atomic E-state index is 0.0480. The molecule has 3 amide bonds. The van der Waals surface area contributed by atoms with Crippen LogP contribution in [0.5, 0.6) is 0 Å². The average Bonchev–Trinajstić information content (AvgIpc) is 3.25. The molecule has 3 aromatic carbocycles.